The maximum atomic E-state index is 12.9. The summed E-state index contributed by atoms with van der Waals surface area (Å²) in [6.07, 6.45) is 1.70. The Bertz CT molecular complexity index is 1160. The van der Waals surface area contributed by atoms with Gasteiger partial charge in [-0.3, -0.25) is 4.79 Å². The number of fused-ring (bicyclic) bond motifs is 1. The van der Waals surface area contributed by atoms with E-state index in [1.807, 2.05) is 74.5 Å². The third kappa shape index (κ3) is 5.24. The van der Waals surface area contributed by atoms with E-state index in [9.17, 15) is 4.79 Å². The Morgan fingerprint density at radius 1 is 1.06 bits per heavy atom. The van der Waals surface area contributed by atoms with Crippen molar-refractivity contribution in [1.29, 1.82) is 0 Å². The first-order chi connectivity index (χ1) is 15.1. The minimum Gasteiger partial charge on any atom is -0.475 e. The largest absolute Gasteiger partial charge is 0.475 e. The third-order valence-corrected chi connectivity index (χ3v) is 5.55. The molecule has 158 valence electrons. The molecule has 0 saturated heterocycles. The van der Waals surface area contributed by atoms with Crippen molar-refractivity contribution in [3.05, 3.63) is 83.6 Å². The maximum absolute atomic E-state index is 12.9. The van der Waals surface area contributed by atoms with Crippen molar-refractivity contribution in [2.45, 2.75) is 37.4 Å². The van der Waals surface area contributed by atoms with Gasteiger partial charge in [0.25, 0.3) is 5.91 Å². The molecule has 0 atom stereocenters. The zero-order valence-corrected chi connectivity index (χ0v) is 18.3. The van der Waals surface area contributed by atoms with E-state index < -0.39 is 0 Å². The number of amides is 1. The van der Waals surface area contributed by atoms with E-state index in [0.29, 0.717) is 23.7 Å². The number of thioether (sulfide) groups is 1. The lowest BCUT2D eigenvalue weighted by atomic mass is 10.1. The van der Waals surface area contributed by atoms with Gasteiger partial charge in [0.1, 0.15) is 0 Å². The fourth-order valence-corrected chi connectivity index (χ4v) is 4.06. The SMILES string of the molecule is CC(C)Oc1ncccc1CNC(=O)c1ccccc1CSc1nc2ccccc2[nH]1. The number of ether oxygens (including phenoxy) is 1. The third-order valence-electron chi connectivity index (χ3n) is 4.63. The molecule has 2 N–H and O–H groups in total. The minimum absolute atomic E-state index is 0.0142. The van der Waals surface area contributed by atoms with Gasteiger partial charge in [0.2, 0.25) is 5.88 Å². The van der Waals surface area contributed by atoms with E-state index in [-0.39, 0.29) is 12.0 Å². The second-order valence-corrected chi connectivity index (χ2v) is 8.29. The molecular formula is C24H24N4O2S. The summed E-state index contributed by atoms with van der Waals surface area (Å²) in [5, 5.41) is 3.83. The molecule has 7 heteroatoms. The van der Waals surface area contributed by atoms with Gasteiger partial charge >= 0.3 is 0 Å². The zero-order chi connectivity index (χ0) is 21.6. The number of aromatic amines is 1. The van der Waals surface area contributed by atoms with Crippen molar-refractivity contribution in [3.8, 4) is 5.88 Å². The predicted molar refractivity (Wildman–Crippen MR) is 123 cm³/mol. The van der Waals surface area contributed by atoms with Crippen LogP contribution in [0.5, 0.6) is 5.88 Å². The van der Waals surface area contributed by atoms with E-state index >= 15 is 0 Å². The van der Waals surface area contributed by atoms with Crippen molar-refractivity contribution in [2.75, 3.05) is 0 Å². The molecule has 31 heavy (non-hydrogen) atoms. The molecule has 0 spiro atoms. The normalized spacial score (nSPS) is 11.1. The number of hydrogen-bond donors (Lipinski definition) is 2. The molecule has 0 aliphatic rings. The van der Waals surface area contributed by atoms with Crippen LogP contribution in [0.25, 0.3) is 11.0 Å². The number of H-pyrrole nitrogens is 1. The number of rotatable bonds is 8. The van der Waals surface area contributed by atoms with E-state index in [4.69, 9.17) is 4.74 Å². The molecule has 0 bridgehead atoms. The molecule has 0 radical (unpaired) electrons. The van der Waals surface area contributed by atoms with Crippen molar-refractivity contribution in [3.63, 3.8) is 0 Å². The monoisotopic (exact) mass is 432 g/mol. The highest BCUT2D eigenvalue weighted by Crippen LogP contribution is 2.25. The summed E-state index contributed by atoms with van der Waals surface area (Å²) in [5.74, 6) is 1.06. The zero-order valence-electron chi connectivity index (χ0n) is 17.5. The van der Waals surface area contributed by atoms with Crippen LogP contribution in [0, 0.1) is 0 Å². The molecule has 0 fully saturated rings. The highest BCUT2D eigenvalue weighted by atomic mass is 32.2. The van der Waals surface area contributed by atoms with Crippen LogP contribution in [0.4, 0.5) is 0 Å². The van der Waals surface area contributed by atoms with Crippen LogP contribution in [0.3, 0.4) is 0 Å². The summed E-state index contributed by atoms with van der Waals surface area (Å²) in [7, 11) is 0. The van der Waals surface area contributed by atoms with Gasteiger partial charge in [0, 0.05) is 29.6 Å². The molecule has 0 aliphatic heterocycles. The number of imidazole rings is 1. The van der Waals surface area contributed by atoms with Crippen LogP contribution >= 0.6 is 11.8 Å². The molecule has 2 heterocycles. The number of carbonyl (C=O) groups excluding carboxylic acids is 1. The molecular weight excluding hydrogens is 408 g/mol. The summed E-state index contributed by atoms with van der Waals surface area (Å²) in [6.45, 7) is 4.25. The van der Waals surface area contributed by atoms with Gasteiger partial charge in [-0.2, -0.15) is 0 Å². The van der Waals surface area contributed by atoms with Crippen molar-refractivity contribution < 1.29 is 9.53 Å². The topological polar surface area (TPSA) is 79.9 Å². The first-order valence-electron chi connectivity index (χ1n) is 10.1. The van der Waals surface area contributed by atoms with E-state index in [2.05, 4.69) is 20.3 Å². The summed E-state index contributed by atoms with van der Waals surface area (Å²) in [5.41, 5.74) is 4.40. The van der Waals surface area contributed by atoms with Crippen LogP contribution in [0.2, 0.25) is 0 Å². The Balaban J connectivity index is 1.43. The molecule has 6 nitrogen and oxygen atoms in total. The van der Waals surface area contributed by atoms with Crippen molar-refractivity contribution >= 4 is 28.7 Å². The Hall–Kier alpha value is -3.32. The number of carbonyl (C=O) groups is 1. The Labute approximate surface area is 185 Å². The molecule has 0 aliphatic carbocycles. The smallest absolute Gasteiger partial charge is 0.251 e. The fourth-order valence-electron chi connectivity index (χ4n) is 3.17. The average Bonchev–Trinajstić information content (AvgIpc) is 3.20. The predicted octanol–water partition coefficient (Wildman–Crippen LogP) is 4.97. The second kappa shape index (κ2) is 9.66. The van der Waals surface area contributed by atoms with Crippen molar-refractivity contribution in [1.82, 2.24) is 20.3 Å². The van der Waals surface area contributed by atoms with Gasteiger partial charge in [-0.1, -0.05) is 48.2 Å². The van der Waals surface area contributed by atoms with Gasteiger partial charge in [0.05, 0.1) is 17.1 Å². The first-order valence-corrected chi connectivity index (χ1v) is 11.1. The molecule has 0 unspecified atom stereocenters. The number of pyridine rings is 1. The lowest BCUT2D eigenvalue weighted by molar-refractivity contribution is 0.0949. The Kier molecular flexibility index (Phi) is 6.52. The van der Waals surface area contributed by atoms with Crippen LogP contribution in [0.15, 0.2) is 72.0 Å². The lowest BCUT2D eigenvalue weighted by Gasteiger charge is -2.14. The molecule has 0 saturated carbocycles. The van der Waals surface area contributed by atoms with E-state index in [1.54, 1.807) is 18.0 Å². The molecule has 4 rings (SSSR count). The van der Waals surface area contributed by atoms with Crippen LogP contribution in [-0.4, -0.2) is 27.0 Å². The molecule has 2 aromatic carbocycles. The van der Waals surface area contributed by atoms with Gasteiger partial charge in [-0.05, 0) is 43.7 Å². The highest BCUT2D eigenvalue weighted by Gasteiger charge is 2.14. The van der Waals surface area contributed by atoms with E-state index in [0.717, 1.165) is 27.3 Å². The van der Waals surface area contributed by atoms with E-state index in [1.165, 1.54) is 0 Å². The van der Waals surface area contributed by atoms with Crippen molar-refractivity contribution in [2.24, 2.45) is 0 Å². The number of hydrogen-bond acceptors (Lipinski definition) is 5. The van der Waals surface area contributed by atoms with Gasteiger partial charge in [-0.25, -0.2) is 9.97 Å². The number of aromatic nitrogens is 3. The Morgan fingerprint density at radius 3 is 2.68 bits per heavy atom. The molecule has 2 aromatic heterocycles. The van der Waals surface area contributed by atoms with Crippen LogP contribution in [-0.2, 0) is 12.3 Å². The fraction of sp³-hybridized carbons (Fsp3) is 0.208. The van der Waals surface area contributed by atoms with Gasteiger partial charge in [-0.15, -0.1) is 0 Å². The van der Waals surface area contributed by atoms with Gasteiger partial charge < -0.3 is 15.0 Å². The Morgan fingerprint density at radius 2 is 1.84 bits per heavy atom. The van der Waals surface area contributed by atoms with Crippen LogP contribution < -0.4 is 10.1 Å². The maximum Gasteiger partial charge on any atom is 0.251 e. The minimum atomic E-state index is -0.125. The second-order valence-electron chi connectivity index (χ2n) is 7.32. The standard InChI is InChI=1S/C24H24N4O2S/c1-16(2)30-23-17(9-7-13-25-23)14-26-22(29)19-10-4-3-8-18(19)15-31-24-27-20-11-5-6-12-21(20)28-24/h3-13,16H,14-15H2,1-2H3,(H,26,29)(H,27,28). The summed E-state index contributed by atoms with van der Waals surface area (Å²) in [4.78, 5) is 25.1. The quantitative estimate of drug-likeness (QED) is 0.384. The summed E-state index contributed by atoms with van der Waals surface area (Å²) in [6, 6.07) is 19.3. The lowest BCUT2D eigenvalue weighted by Crippen LogP contribution is -2.24. The summed E-state index contributed by atoms with van der Waals surface area (Å²) >= 11 is 1.58. The number of nitrogens with zero attached hydrogens (tertiary/aromatic N) is 2. The molecule has 4 aromatic rings. The number of para-hydroxylation sites is 2. The number of nitrogens with one attached hydrogen (secondary N) is 2. The number of benzene rings is 2. The molecule has 1 amide bonds. The highest BCUT2D eigenvalue weighted by molar-refractivity contribution is 7.98. The van der Waals surface area contributed by atoms with Gasteiger partial charge in [0.15, 0.2) is 5.16 Å². The summed E-state index contributed by atoms with van der Waals surface area (Å²) < 4.78 is 5.74. The first kappa shape index (κ1) is 20.9. The average molecular weight is 433 g/mol. The van der Waals surface area contributed by atoms with Crippen LogP contribution in [0.1, 0.15) is 35.3 Å².